The Morgan fingerprint density at radius 2 is 1.95 bits per heavy atom. The summed E-state index contributed by atoms with van der Waals surface area (Å²) in [4.78, 5) is 4.84. The van der Waals surface area contributed by atoms with Gasteiger partial charge in [0.05, 0.1) is 11.4 Å². The fraction of sp³-hybridized carbons (Fsp3) is 0.350. The van der Waals surface area contributed by atoms with Gasteiger partial charge in [-0.25, -0.2) is 0 Å². The number of hydrogen-bond donors (Lipinski definition) is 0. The van der Waals surface area contributed by atoms with Crippen LogP contribution < -0.4 is 0 Å². The summed E-state index contributed by atoms with van der Waals surface area (Å²) in [7, 11) is 0. The molecule has 0 fully saturated rings. The van der Waals surface area contributed by atoms with Crippen LogP contribution in [0.2, 0.25) is 0 Å². The topological polar surface area (TPSA) is 12.4 Å². The van der Waals surface area contributed by atoms with E-state index >= 15 is 0 Å². The molecule has 0 aliphatic carbocycles. The summed E-state index contributed by atoms with van der Waals surface area (Å²) in [5, 5.41) is 0. The Hall–Kier alpha value is -1.89. The molecule has 21 heavy (non-hydrogen) atoms. The molecule has 0 amide bonds. The number of rotatable bonds is 3. The van der Waals surface area contributed by atoms with Crippen molar-refractivity contribution in [2.75, 3.05) is 0 Å². The molecule has 1 aliphatic heterocycles. The minimum atomic E-state index is 0.163. The molecule has 0 atom stereocenters. The van der Waals surface area contributed by atoms with Gasteiger partial charge in [-0.2, -0.15) is 0 Å². The minimum Gasteiger partial charge on any atom is -0.252 e. The Labute approximate surface area is 128 Å². The Morgan fingerprint density at radius 3 is 2.52 bits per heavy atom. The van der Waals surface area contributed by atoms with Gasteiger partial charge in [0.25, 0.3) is 0 Å². The largest absolute Gasteiger partial charge is 0.252 e. The van der Waals surface area contributed by atoms with Crippen LogP contribution >= 0.6 is 0 Å². The van der Waals surface area contributed by atoms with Crippen LogP contribution in [0.5, 0.6) is 0 Å². The SMILES string of the molecule is C=C(C)/C=C\C(=CC)C1=Nc2cc(C(C)(C)C)ccc2C1. The summed E-state index contributed by atoms with van der Waals surface area (Å²) in [6.07, 6.45) is 7.19. The molecule has 1 aromatic rings. The van der Waals surface area contributed by atoms with Crippen LogP contribution in [0.3, 0.4) is 0 Å². The van der Waals surface area contributed by atoms with E-state index in [9.17, 15) is 0 Å². The lowest BCUT2D eigenvalue weighted by molar-refractivity contribution is 0.590. The van der Waals surface area contributed by atoms with Crippen LogP contribution in [0.25, 0.3) is 0 Å². The molecule has 110 valence electrons. The molecular weight excluding hydrogens is 254 g/mol. The van der Waals surface area contributed by atoms with Crippen molar-refractivity contribution in [1.29, 1.82) is 0 Å². The fourth-order valence-corrected chi connectivity index (χ4v) is 2.41. The van der Waals surface area contributed by atoms with Crippen molar-refractivity contribution < 1.29 is 0 Å². The number of benzene rings is 1. The third-order valence-electron chi connectivity index (χ3n) is 3.76. The highest BCUT2D eigenvalue weighted by molar-refractivity contribution is 6.08. The van der Waals surface area contributed by atoms with E-state index < -0.39 is 0 Å². The molecule has 0 saturated carbocycles. The summed E-state index contributed by atoms with van der Waals surface area (Å²) in [6.45, 7) is 14.7. The second-order valence-electron chi connectivity index (χ2n) is 6.75. The molecule has 1 aromatic carbocycles. The van der Waals surface area contributed by atoms with Gasteiger partial charge in [-0.15, -0.1) is 0 Å². The van der Waals surface area contributed by atoms with E-state index in [2.05, 4.69) is 64.6 Å². The zero-order valence-electron chi connectivity index (χ0n) is 13.8. The van der Waals surface area contributed by atoms with E-state index in [0.29, 0.717) is 0 Å². The first kappa shape index (κ1) is 15.5. The Morgan fingerprint density at radius 1 is 1.24 bits per heavy atom. The lowest BCUT2D eigenvalue weighted by Crippen LogP contribution is -2.10. The lowest BCUT2D eigenvalue weighted by atomic mass is 9.86. The smallest absolute Gasteiger partial charge is 0.0672 e. The maximum absolute atomic E-state index is 4.84. The van der Waals surface area contributed by atoms with E-state index in [1.54, 1.807) is 0 Å². The number of hydrogen-bond acceptors (Lipinski definition) is 1. The molecule has 0 bridgehead atoms. The van der Waals surface area contributed by atoms with Gasteiger partial charge in [-0.3, -0.25) is 4.99 Å². The number of nitrogens with zero attached hydrogens (tertiary/aromatic N) is 1. The third kappa shape index (κ3) is 3.60. The molecule has 2 rings (SSSR count). The van der Waals surface area contributed by atoms with Crippen molar-refractivity contribution >= 4 is 11.4 Å². The van der Waals surface area contributed by atoms with Gasteiger partial charge in [0, 0.05) is 6.42 Å². The van der Waals surface area contributed by atoms with Crippen molar-refractivity contribution in [1.82, 2.24) is 0 Å². The molecule has 0 saturated heterocycles. The molecular formula is C20H25N. The van der Waals surface area contributed by atoms with Gasteiger partial charge < -0.3 is 0 Å². The molecule has 1 nitrogen and oxygen atoms in total. The maximum atomic E-state index is 4.84. The van der Waals surface area contributed by atoms with Crippen molar-refractivity contribution in [3.63, 3.8) is 0 Å². The van der Waals surface area contributed by atoms with E-state index in [1.807, 2.05) is 13.0 Å². The molecule has 0 aromatic heterocycles. The van der Waals surface area contributed by atoms with Crippen LogP contribution in [0.15, 0.2) is 59.1 Å². The number of fused-ring (bicyclic) bond motifs is 1. The highest BCUT2D eigenvalue weighted by Crippen LogP contribution is 2.33. The van der Waals surface area contributed by atoms with Crippen LogP contribution in [0.4, 0.5) is 5.69 Å². The predicted molar refractivity (Wildman–Crippen MR) is 93.7 cm³/mol. The van der Waals surface area contributed by atoms with Gasteiger partial charge in [0.15, 0.2) is 0 Å². The molecule has 1 heteroatoms. The highest BCUT2D eigenvalue weighted by Gasteiger charge is 2.20. The van der Waals surface area contributed by atoms with Crippen LogP contribution in [-0.2, 0) is 11.8 Å². The first-order chi connectivity index (χ1) is 9.81. The standard InChI is InChI=1S/C20H25N/c1-7-15(9-8-14(2)3)18-12-16-10-11-17(20(4,5)6)13-19(16)21-18/h7-11,13H,2,12H2,1,3-6H3/b9-8-,15-7?. The second kappa shape index (κ2) is 5.85. The minimum absolute atomic E-state index is 0.163. The van der Waals surface area contributed by atoms with Crippen LogP contribution in [-0.4, -0.2) is 5.71 Å². The molecule has 1 aliphatic rings. The quantitative estimate of drug-likeness (QED) is 0.630. The number of allylic oxidation sites excluding steroid dienone is 5. The normalized spacial score (nSPS) is 15.3. The summed E-state index contributed by atoms with van der Waals surface area (Å²) in [5.74, 6) is 0. The summed E-state index contributed by atoms with van der Waals surface area (Å²) in [6, 6.07) is 6.69. The van der Waals surface area contributed by atoms with Crippen LogP contribution in [0.1, 0.15) is 45.7 Å². The van der Waals surface area contributed by atoms with E-state index in [1.165, 1.54) is 16.7 Å². The van der Waals surface area contributed by atoms with E-state index in [0.717, 1.165) is 23.4 Å². The molecule has 0 radical (unpaired) electrons. The third-order valence-corrected chi connectivity index (χ3v) is 3.76. The average Bonchev–Trinajstić information content (AvgIpc) is 2.80. The van der Waals surface area contributed by atoms with Gasteiger partial charge in [0.2, 0.25) is 0 Å². The summed E-state index contributed by atoms with van der Waals surface area (Å²) < 4.78 is 0. The average molecular weight is 279 g/mol. The number of aliphatic imine (C=N–C) groups is 1. The van der Waals surface area contributed by atoms with Crippen molar-refractivity contribution in [3.05, 3.63) is 65.3 Å². The Bertz CT molecular complexity index is 649. The van der Waals surface area contributed by atoms with Gasteiger partial charge in [-0.05, 0) is 42.0 Å². The summed E-state index contributed by atoms with van der Waals surface area (Å²) in [5.41, 5.74) is 7.34. The lowest BCUT2D eigenvalue weighted by Gasteiger charge is -2.19. The van der Waals surface area contributed by atoms with Crippen molar-refractivity contribution in [2.24, 2.45) is 4.99 Å². The second-order valence-corrected chi connectivity index (χ2v) is 6.75. The van der Waals surface area contributed by atoms with Gasteiger partial charge in [-0.1, -0.05) is 63.3 Å². The van der Waals surface area contributed by atoms with E-state index in [4.69, 9.17) is 4.99 Å². The Balaban J connectivity index is 2.32. The monoisotopic (exact) mass is 279 g/mol. The van der Waals surface area contributed by atoms with Crippen molar-refractivity contribution in [3.8, 4) is 0 Å². The van der Waals surface area contributed by atoms with Crippen LogP contribution in [0, 0.1) is 0 Å². The van der Waals surface area contributed by atoms with Gasteiger partial charge >= 0.3 is 0 Å². The molecule has 0 spiro atoms. The molecule has 0 N–H and O–H groups in total. The first-order valence-corrected chi connectivity index (χ1v) is 7.52. The molecule has 0 unspecified atom stereocenters. The zero-order valence-corrected chi connectivity index (χ0v) is 13.8. The maximum Gasteiger partial charge on any atom is 0.0672 e. The Kier molecular flexibility index (Phi) is 4.32. The zero-order chi connectivity index (χ0) is 15.6. The van der Waals surface area contributed by atoms with Crippen molar-refractivity contribution in [2.45, 2.75) is 46.5 Å². The summed E-state index contributed by atoms with van der Waals surface area (Å²) >= 11 is 0. The first-order valence-electron chi connectivity index (χ1n) is 7.52. The fourth-order valence-electron chi connectivity index (χ4n) is 2.41. The predicted octanol–water partition coefficient (Wildman–Crippen LogP) is 5.69. The van der Waals surface area contributed by atoms with Gasteiger partial charge in [0.1, 0.15) is 0 Å². The highest BCUT2D eigenvalue weighted by atomic mass is 14.8. The molecule has 1 heterocycles. The van der Waals surface area contributed by atoms with E-state index in [-0.39, 0.29) is 5.41 Å².